The lowest BCUT2D eigenvalue weighted by Crippen LogP contribution is -2.00. The lowest BCUT2D eigenvalue weighted by Gasteiger charge is -2.09. The summed E-state index contributed by atoms with van der Waals surface area (Å²) >= 11 is 6.97. The monoisotopic (exact) mass is 276 g/mol. The van der Waals surface area contributed by atoms with Crippen LogP contribution >= 0.6 is 31.9 Å². The molecule has 0 aliphatic carbocycles. The second-order valence-corrected chi connectivity index (χ2v) is 3.71. The van der Waals surface area contributed by atoms with Gasteiger partial charge in [-0.1, -0.05) is 62.2 Å². The van der Waals surface area contributed by atoms with Crippen LogP contribution in [0.2, 0.25) is 0 Å². The Labute approximate surface area is 84.3 Å². The zero-order valence-electron chi connectivity index (χ0n) is 6.13. The van der Waals surface area contributed by atoms with Crippen molar-refractivity contribution in [2.75, 3.05) is 10.7 Å². The van der Waals surface area contributed by atoms with Gasteiger partial charge in [0.25, 0.3) is 0 Å². The van der Waals surface area contributed by atoms with Crippen LogP contribution in [-0.4, -0.2) is 10.7 Å². The lowest BCUT2D eigenvalue weighted by molar-refractivity contribution is 0.910. The smallest absolute Gasteiger partial charge is 0.0108 e. The fourth-order valence-corrected chi connectivity index (χ4v) is 2.76. The largest absolute Gasteiger partial charge is 0.0921 e. The van der Waals surface area contributed by atoms with Crippen molar-refractivity contribution in [2.24, 2.45) is 0 Å². The van der Waals surface area contributed by atoms with E-state index in [1.807, 2.05) is 6.07 Å². The summed E-state index contributed by atoms with van der Waals surface area (Å²) in [6.45, 7) is 0. The number of halogens is 2. The van der Waals surface area contributed by atoms with Gasteiger partial charge in [-0.25, -0.2) is 0 Å². The third kappa shape index (κ3) is 2.60. The minimum Gasteiger partial charge on any atom is -0.0921 e. The molecule has 0 fully saturated rings. The molecule has 0 heterocycles. The standard InChI is InChI=1S/C9H10Br2/c10-6-9(7-11)8-4-2-1-3-5-8/h1-5,9H,6-7H2. The summed E-state index contributed by atoms with van der Waals surface area (Å²) in [4.78, 5) is 0. The normalized spacial score (nSPS) is 10.5. The number of rotatable bonds is 3. The van der Waals surface area contributed by atoms with Gasteiger partial charge in [0.05, 0.1) is 0 Å². The van der Waals surface area contributed by atoms with Gasteiger partial charge in [0.1, 0.15) is 0 Å². The molecule has 0 unspecified atom stereocenters. The van der Waals surface area contributed by atoms with Crippen molar-refractivity contribution < 1.29 is 0 Å². The molecule has 60 valence electrons. The summed E-state index contributed by atoms with van der Waals surface area (Å²) in [6, 6.07) is 10.5. The molecule has 0 atom stereocenters. The molecule has 0 N–H and O–H groups in total. The Kier molecular flexibility index (Phi) is 4.16. The highest BCUT2D eigenvalue weighted by Crippen LogP contribution is 2.19. The zero-order valence-corrected chi connectivity index (χ0v) is 9.31. The van der Waals surface area contributed by atoms with Crippen LogP contribution in [0, 0.1) is 0 Å². The molecule has 0 amide bonds. The Bertz CT molecular complexity index is 192. The molecule has 0 bridgehead atoms. The summed E-state index contributed by atoms with van der Waals surface area (Å²) in [7, 11) is 0. The fourth-order valence-electron chi connectivity index (χ4n) is 0.945. The minimum atomic E-state index is 0.594. The predicted octanol–water partition coefficient (Wildman–Crippen LogP) is 3.56. The van der Waals surface area contributed by atoms with Crippen LogP contribution in [0.3, 0.4) is 0 Å². The van der Waals surface area contributed by atoms with E-state index in [0.717, 1.165) is 10.7 Å². The summed E-state index contributed by atoms with van der Waals surface area (Å²) < 4.78 is 0. The fraction of sp³-hybridized carbons (Fsp3) is 0.333. The van der Waals surface area contributed by atoms with E-state index in [1.165, 1.54) is 5.56 Å². The molecule has 0 aliphatic heterocycles. The van der Waals surface area contributed by atoms with Crippen molar-refractivity contribution in [1.29, 1.82) is 0 Å². The van der Waals surface area contributed by atoms with Crippen molar-refractivity contribution in [1.82, 2.24) is 0 Å². The molecule has 1 rings (SSSR count). The maximum absolute atomic E-state index is 3.48. The Morgan fingerprint density at radius 2 is 1.55 bits per heavy atom. The van der Waals surface area contributed by atoms with Gasteiger partial charge in [-0.15, -0.1) is 0 Å². The molecule has 11 heavy (non-hydrogen) atoms. The first-order chi connectivity index (χ1) is 5.38. The average molecular weight is 278 g/mol. The van der Waals surface area contributed by atoms with Crippen LogP contribution in [0.1, 0.15) is 11.5 Å². The van der Waals surface area contributed by atoms with Crippen molar-refractivity contribution in [3.63, 3.8) is 0 Å². The lowest BCUT2D eigenvalue weighted by atomic mass is 10.0. The summed E-state index contributed by atoms with van der Waals surface area (Å²) in [5, 5.41) is 2.03. The zero-order chi connectivity index (χ0) is 8.10. The maximum atomic E-state index is 3.48. The highest BCUT2D eigenvalue weighted by atomic mass is 79.9. The van der Waals surface area contributed by atoms with Gasteiger partial charge in [-0.2, -0.15) is 0 Å². The van der Waals surface area contributed by atoms with Gasteiger partial charge in [-0.3, -0.25) is 0 Å². The van der Waals surface area contributed by atoms with Crippen LogP contribution in [-0.2, 0) is 0 Å². The van der Waals surface area contributed by atoms with Gasteiger partial charge in [0.2, 0.25) is 0 Å². The molecule has 1 aromatic rings. The molecule has 1 aromatic carbocycles. The van der Waals surface area contributed by atoms with Crippen molar-refractivity contribution in [3.8, 4) is 0 Å². The van der Waals surface area contributed by atoms with E-state index >= 15 is 0 Å². The highest BCUT2D eigenvalue weighted by molar-refractivity contribution is 9.09. The first-order valence-electron chi connectivity index (χ1n) is 3.55. The van der Waals surface area contributed by atoms with E-state index in [4.69, 9.17) is 0 Å². The second-order valence-electron chi connectivity index (χ2n) is 2.42. The third-order valence-corrected chi connectivity index (χ3v) is 3.21. The Morgan fingerprint density at radius 1 is 1.00 bits per heavy atom. The summed E-state index contributed by atoms with van der Waals surface area (Å²) in [5.74, 6) is 0.594. The predicted molar refractivity (Wildman–Crippen MR) is 56.8 cm³/mol. The topological polar surface area (TPSA) is 0 Å². The average Bonchev–Trinajstić information content (AvgIpc) is 2.09. The van der Waals surface area contributed by atoms with E-state index < -0.39 is 0 Å². The molecule has 0 radical (unpaired) electrons. The van der Waals surface area contributed by atoms with E-state index in [1.54, 1.807) is 0 Å². The third-order valence-electron chi connectivity index (χ3n) is 1.64. The van der Waals surface area contributed by atoms with Gasteiger partial charge < -0.3 is 0 Å². The van der Waals surface area contributed by atoms with Crippen molar-refractivity contribution >= 4 is 31.9 Å². The molecular formula is C9H10Br2. The molecule has 0 saturated heterocycles. The number of hydrogen-bond donors (Lipinski definition) is 0. The van der Waals surface area contributed by atoms with Crippen molar-refractivity contribution in [2.45, 2.75) is 5.92 Å². The molecular weight excluding hydrogens is 268 g/mol. The first-order valence-corrected chi connectivity index (χ1v) is 5.79. The van der Waals surface area contributed by atoms with Gasteiger partial charge in [0.15, 0.2) is 0 Å². The molecule has 2 heteroatoms. The van der Waals surface area contributed by atoms with Gasteiger partial charge in [0, 0.05) is 16.6 Å². The summed E-state index contributed by atoms with van der Waals surface area (Å²) in [5.41, 5.74) is 1.39. The summed E-state index contributed by atoms with van der Waals surface area (Å²) in [6.07, 6.45) is 0. The Balaban J connectivity index is 2.74. The van der Waals surface area contributed by atoms with Crippen LogP contribution in [0.4, 0.5) is 0 Å². The van der Waals surface area contributed by atoms with Crippen LogP contribution in [0.15, 0.2) is 30.3 Å². The molecule has 0 aromatic heterocycles. The number of hydrogen-bond acceptors (Lipinski definition) is 0. The van der Waals surface area contributed by atoms with Crippen LogP contribution < -0.4 is 0 Å². The minimum absolute atomic E-state index is 0.594. The molecule has 0 nitrogen and oxygen atoms in total. The molecule has 0 spiro atoms. The van der Waals surface area contributed by atoms with E-state index in [-0.39, 0.29) is 0 Å². The highest BCUT2D eigenvalue weighted by Gasteiger charge is 2.06. The van der Waals surface area contributed by atoms with Gasteiger partial charge in [-0.05, 0) is 5.56 Å². The first kappa shape index (κ1) is 9.27. The van der Waals surface area contributed by atoms with E-state index in [2.05, 4.69) is 56.1 Å². The van der Waals surface area contributed by atoms with Crippen molar-refractivity contribution in [3.05, 3.63) is 35.9 Å². The Morgan fingerprint density at radius 3 is 2.00 bits per heavy atom. The quantitative estimate of drug-likeness (QED) is 0.741. The number of benzene rings is 1. The SMILES string of the molecule is BrCC(CBr)c1ccccc1. The maximum Gasteiger partial charge on any atom is 0.0108 e. The van der Waals surface area contributed by atoms with Crippen LogP contribution in [0.5, 0.6) is 0 Å². The Hall–Kier alpha value is 0.180. The van der Waals surface area contributed by atoms with Gasteiger partial charge >= 0.3 is 0 Å². The number of alkyl halides is 2. The van der Waals surface area contributed by atoms with E-state index in [9.17, 15) is 0 Å². The second kappa shape index (κ2) is 4.94. The molecule has 0 saturated carbocycles. The molecule has 0 aliphatic rings. The van der Waals surface area contributed by atoms with E-state index in [0.29, 0.717) is 5.92 Å². The van der Waals surface area contributed by atoms with Crippen LogP contribution in [0.25, 0.3) is 0 Å².